The third kappa shape index (κ3) is 248. The van der Waals surface area contributed by atoms with E-state index in [9.17, 15) is 0 Å². The van der Waals surface area contributed by atoms with Gasteiger partial charge in [-0.1, -0.05) is 0 Å². The van der Waals surface area contributed by atoms with Gasteiger partial charge in [0.05, 0.1) is 0 Å². The summed E-state index contributed by atoms with van der Waals surface area (Å²) in [7, 11) is 0. The van der Waals surface area contributed by atoms with E-state index < -0.39 is 0 Å². The Morgan fingerprint density at radius 2 is 0.833 bits per heavy atom. The molecule has 0 rings (SSSR count). The predicted molar refractivity (Wildman–Crippen MR) is 15.4 cm³/mol. The molecule has 0 N–H and O–H groups in total. The van der Waals surface area contributed by atoms with Gasteiger partial charge < -0.3 is 0 Å². The van der Waals surface area contributed by atoms with E-state index in [1.54, 1.807) is 0 Å². The molecule has 0 aliphatic heterocycles. The van der Waals surface area contributed by atoms with E-state index in [0.29, 0.717) is 0 Å². The fraction of sp³-hybridized carbons (Fsp3) is 0. The molecule has 0 aromatic rings. The molecule has 0 radical (unpaired) electrons. The number of hydrogen-bond acceptors (Lipinski definition) is 1. The molecule has 0 saturated heterocycles. The van der Waals surface area contributed by atoms with E-state index in [2.05, 4.69) is 0 Å². The zero-order valence-corrected chi connectivity index (χ0v) is 4.70. The van der Waals surface area contributed by atoms with Crippen molar-refractivity contribution in [2.45, 2.75) is 0 Å². The van der Waals surface area contributed by atoms with E-state index in [0.717, 1.165) is 17.4 Å². The second-order valence-corrected chi connectivity index (χ2v) is 0. The van der Waals surface area contributed by atoms with Gasteiger partial charge in [0, 0.05) is 0 Å². The van der Waals surface area contributed by atoms with Crippen molar-refractivity contribution in [3.63, 3.8) is 0 Å². The molecule has 0 saturated carbocycles. The normalized spacial score (nSPS) is 0.500. The fourth-order valence-electron chi connectivity index (χ4n) is 0. The van der Waals surface area contributed by atoms with Crippen molar-refractivity contribution in [2.75, 3.05) is 0 Å². The molecule has 0 spiro atoms. The monoisotopic (exact) mass is 163 g/mol. The first-order valence-electron chi connectivity index (χ1n) is 0.183. The second kappa shape index (κ2) is 505. The molecule has 0 aliphatic rings. The number of halogens is 4. The molecule has 0 unspecified atom stereocenters. The van der Waals surface area contributed by atoms with Crippen molar-refractivity contribution in [3.8, 4) is 0 Å². The molecular formula is H4ClF3OV. The summed E-state index contributed by atoms with van der Waals surface area (Å²) >= 11 is 1.06. The molecular weight excluding hydrogens is 159 g/mol. The van der Waals surface area contributed by atoms with Gasteiger partial charge in [0.25, 0.3) is 0 Å². The van der Waals surface area contributed by atoms with E-state index in [4.69, 9.17) is 3.67 Å². The quantitative estimate of drug-likeness (QED) is 0.515. The minimum atomic E-state index is 0. The Bertz CT molecular complexity index is 10.8. The Morgan fingerprint density at radius 1 is 0.833 bits per heavy atom. The molecule has 6 heteroatoms. The summed E-state index contributed by atoms with van der Waals surface area (Å²) in [6.07, 6.45) is 0. The van der Waals surface area contributed by atoms with Crippen molar-refractivity contribution >= 4 is 12.4 Å². The standard InChI is InChI=1S/ClH.3FH.O.V/h4*1H;;. The van der Waals surface area contributed by atoms with Crippen LogP contribution in [-0.4, -0.2) is 0 Å². The van der Waals surface area contributed by atoms with Crippen LogP contribution < -0.4 is 0 Å². The molecule has 0 fully saturated rings. The summed E-state index contributed by atoms with van der Waals surface area (Å²) in [6.45, 7) is 0. The molecule has 0 atom stereocenters. The van der Waals surface area contributed by atoms with E-state index in [-0.39, 0.29) is 26.5 Å². The van der Waals surface area contributed by atoms with Gasteiger partial charge in [-0.3, -0.25) is 14.1 Å². The van der Waals surface area contributed by atoms with E-state index in [1.165, 1.54) is 0 Å². The second-order valence-electron chi connectivity index (χ2n) is 0. The summed E-state index contributed by atoms with van der Waals surface area (Å²) < 4.78 is 8.19. The van der Waals surface area contributed by atoms with Crippen molar-refractivity contribution < 1.29 is 35.2 Å². The third-order valence-electron chi connectivity index (χ3n) is 0. The Balaban J connectivity index is -0.000000000833. The summed E-state index contributed by atoms with van der Waals surface area (Å²) in [5.74, 6) is 0. The van der Waals surface area contributed by atoms with Crippen LogP contribution in [0, 0.1) is 0 Å². The fourth-order valence-corrected chi connectivity index (χ4v) is 0. The maximum absolute atomic E-state index is 8.19. The summed E-state index contributed by atoms with van der Waals surface area (Å²) in [6, 6.07) is 0. The van der Waals surface area contributed by atoms with E-state index in [1.807, 2.05) is 0 Å². The first-order valence-corrected chi connectivity index (χ1v) is 0.753. The number of rotatable bonds is 0. The number of hydrogen-bond donors (Lipinski definition) is 0. The van der Waals surface area contributed by atoms with Crippen LogP contribution in [-0.2, 0) is 21.0 Å². The van der Waals surface area contributed by atoms with Crippen LogP contribution in [0.25, 0.3) is 0 Å². The first-order chi connectivity index (χ1) is 1.00. The molecule has 0 amide bonds. The van der Waals surface area contributed by atoms with E-state index >= 15 is 0 Å². The van der Waals surface area contributed by atoms with Gasteiger partial charge in [0.2, 0.25) is 0 Å². The van der Waals surface area contributed by atoms with Crippen molar-refractivity contribution in [1.29, 1.82) is 0 Å². The van der Waals surface area contributed by atoms with Crippen LogP contribution in [0.4, 0.5) is 14.1 Å². The molecule has 0 aromatic heterocycles. The molecule has 6 heavy (non-hydrogen) atoms. The zero-order chi connectivity index (χ0) is 2.00. The van der Waals surface area contributed by atoms with Gasteiger partial charge in [0.1, 0.15) is 0 Å². The van der Waals surface area contributed by atoms with Crippen LogP contribution in [0.2, 0.25) is 0 Å². The predicted octanol–water partition coefficient (Wildman–Crippen LogP) is 0.758. The third-order valence-corrected chi connectivity index (χ3v) is 0. The minimum absolute atomic E-state index is 0. The van der Waals surface area contributed by atoms with Gasteiger partial charge in [-0.15, -0.1) is 12.4 Å². The molecule has 43 valence electrons. The van der Waals surface area contributed by atoms with Gasteiger partial charge in [-0.25, -0.2) is 0 Å². The maximum atomic E-state index is 8.19. The van der Waals surface area contributed by atoms with Gasteiger partial charge in [0.15, 0.2) is 0 Å². The summed E-state index contributed by atoms with van der Waals surface area (Å²) in [4.78, 5) is 0. The van der Waals surface area contributed by atoms with Crippen LogP contribution in [0.1, 0.15) is 0 Å². The van der Waals surface area contributed by atoms with Crippen LogP contribution in [0.3, 0.4) is 0 Å². The average Bonchev–Trinajstić information content (AvgIpc) is 1.00. The molecule has 0 heterocycles. The molecule has 0 aliphatic carbocycles. The van der Waals surface area contributed by atoms with Crippen LogP contribution >= 0.6 is 12.4 Å². The summed E-state index contributed by atoms with van der Waals surface area (Å²) in [5, 5.41) is 0. The van der Waals surface area contributed by atoms with Crippen molar-refractivity contribution in [1.82, 2.24) is 0 Å². The zero-order valence-electron chi connectivity index (χ0n) is 2.49. The molecule has 1 nitrogen and oxygen atoms in total. The van der Waals surface area contributed by atoms with Gasteiger partial charge >= 0.3 is 21.0 Å². The Kier molecular flexibility index (Phi) is 7580. The molecule has 0 bridgehead atoms. The Hall–Kier alpha value is 0.464. The van der Waals surface area contributed by atoms with Gasteiger partial charge in [-0.05, 0) is 0 Å². The van der Waals surface area contributed by atoms with Crippen LogP contribution in [0.5, 0.6) is 0 Å². The van der Waals surface area contributed by atoms with Gasteiger partial charge in [-0.2, -0.15) is 0 Å². The Morgan fingerprint density at radius 3 is 0.833 bits per heavy atom. The molecule has 0 aromatic carbocycles. The van der Waals surface area contributed by atoms with Crippen molar-refractivity contribution in [3.05, 3.63) is 0 Å². The van der Waals surface area contributed by atoms with Crippen molar-refractivity contribution in [2.24, 2.45) is 0 Å². The topological polar surface area (TPSA) is 17.1 Å². The summed E-state index contributed by atoms with van der Waals surface area (Å²) in [5.41, 5.74) is 0. The SMILES string of the molecule is Cl.F.F.F.[O]=[V]. The first kappa shape index (κ1) is 90.0. The van der Waals surface area contributed by atoms with Crippen LogP contribution in [0.15, 0.2) is 0 Å². The average molecular weight is 163 g/mol. The Labute approximate surface area is 48.2 Å².